The molecule has 122 valence electrons. The molecule has 3 rings (SSSR count). The summed E-state index contributed by atoms with van der Waals surface area (Å²) in [5, 5.41) is 3.43. The Morgan fingerprint density at radius 1 is 0.708 bits per heavy atom. The van der Waals surface area contributed by atoms with E-state index in [-0.39, 0.29) is 12.4 Å². The van der Waals surface area contributed by atoms with Crippen LogP contribution in [0.15, 0.2) is 83.9 Å². The molecular weight excluding hydrogens is 545 g/mol. The van der Waals surface area contributed by atoms with Gasteiger partial charge in [0.2, 0.25) is 0 Å². The molecule has 5 heteroatoms. The minimum absolute atomic E-state index is 0. The summed E-state index contributed by atoms with van der Waals surface area (Å²) in [6.07, 6.45) is 0. The lowest BCUT2D eigenvalue weighted by atomic mass is 10.2. The lowest BCUT2D eigenvalue weighted by Crippen LogP contribution is -2.13. The smallest absolute Gasteiger partial charge is 0.138 e. The molecule has 0 aromatic heterocycles. The fourth-order valence-electron chi connectivity index (χ4n) is 2.08. The Bertz CT molecular complexity index is 801. The quantitative estimate of drug-likeness (QED) is 0.221. The highest BCUT2D eigenvalue weighted by molar-refractivity contribution is 14.1. The number of anilines is 1. The van der Waals surface area contributed by atoms with Gasteiger partial charge in [-0.15, -0.1) is 12.4 Å². The van der Waals surface area contributed by atoms with E-state index < -0.39 is 0 Å². The summed E-state index contributed by atoms with van der Waals surface area (Å²) in [6, 6.07) is 26.6. The number of amidine groups is 1. The van der Waals surface area contributed by atoms with Crippen LogP contribution in [0.4, 0.5) is 11.4 Å². The number of rotatable bonds is 3. The molecule has 0 radical (unpaired) electrons. The number of aliphatic imine (C=N–C) groups is 1. The third kappa shape index (κ3) is 5.46. The van der Waals surface area contributed by atoms with Gasteiger partial charge >= 0.3 is 0 Å². The van der Waals surface area contributed by atoms with Crippen molar-refractivity contribution in [3.63, 3.8) is 0 Å². The largest absolute Gasteiger partial charge is 0.340 e. The predicted molar refractivity (Wildman–Crippen MR) is 122 cm³/mol. The van der Waals surface area contributed by atoms with Gasteiger partial charge in [0, 0.05) is 18.4 Å². The van der Waals surface area contributed by atoms with Crippen molar-refractivity contribution in [2.75, 3.05) is 5.32 Å². The van der Waals surface area contributed by atoms with Gasteiger partial charge in [-0.1, -0.05) is 30.3 Å². The topological polar surface area (TPSA) is 24.4 Å². The third-order valence-corrected chi connectivity index (χ3v) is 4.66. The van der Waals surface area contributed by atoms with E-state index in [0.717, 1.165) is 22.8 Å². The average Bonchev–Trinajstić information content (AvgIpc) is 2.59. The maximum Gasteiger partial charge on any atom is 0.138 e. The lowest BCUT2D eigenvalue weighted by molar-refractivity contribution is 1.45. The summed E-state index contributed by atoms with van der Waals surface area (Å²) in [6.45, 7) is 0. The highest BCUT2D eigenvalue weighted by Crippen LogP contribution is 2.18. The normalized spacial score (nSPS) is 10.8. The fraction of sp³-hybridized carbons (Fsp3) is 0. The van der Waals surface area contributed by atoms with Crippen LogP contribution in [0.5, 0.6) is 0 Å². The monoisotopic (exact) mass is 560 g/mol. The minimum Gasteiger partial charge on any atom is -0.340 e. The number of benzene rings is 3. The molecule has 0 heterocycles. The van der Waals surface area contributed by atoms with E-state index in [0.29, 0.717) is 0 Å². The number of nitrogens with zero attached hydrogens (tertiary/aromatic N) is 1. The van der Waals surface area contributed by atoms with Gasteiger partial charge in [0.15, 0.2) is 0 Å². The van der Waals surface area contributed by atoms with Gasteiger partial charge in [-0.25, -0.2) is 4.99 Å². The third-order valence-electron chi connectivity index (χ3n) is 3.22. The summed E-state index contributed by atoms with van der Waals surface area (Å²) < 4.78 is 2.41. The molecule has 3 aromatic rings. The van der Waals surface area contributed by atoms with Gasteiger partial charge in [0.1, 0.15) is 5.84 Å². The van der Waals surface area contributed by atoms with Crippen LogP contribution in [0, 0.1) is 7.14 Å². The molecule has 0 bridgehead atoms. The second-order valence-corrected chi connectivity index (χ2v) is 7.43. The van der Waals surface area contributed by atoms with Gasteiger partial charge in [-0.2, -0.15) is 0 Å². The molecule has 0 spiro atoms. The standard InChI is InChI=1S/C19H14I2N2.ClH/c20-15-6-10-17(11-7-15)22-19(14-4-2-1-3-5-14)23-18-12-8-16(21)9-13-18;/h1-13H,(H,22,23);1H. The van der Waals surface area contributed by atoms with Crippen molar-refractivity contribution in [2.24, 2.45) is 4.99 Å². The Morgan fingerprint density at radius 2 is 1.25 bits per heavy atom. The molecule has 0 fully saturated rings. The first kappa shape index (κ1) is 19.2. The van der Waals surface area contributed by atoms with Crippen molar-refractivity contribution in [2.45, 2.75) is 0 Å². The molecule has 0 atom stereocenters. The van der Waals surface area contributed by atoms with E-state index in [1.165, 1.54) is 7.14 Å². The van der Waals surface area contributed by atoms with Crippen molar-refractivity contribution in [3.8, 4) is 0 Å². The zero-order chi connectivity index (χ0) is 16.1. The van der Waals surface area contributed by atoms with Gasteiger partial charge in [0.05, 0.1) is 5.69 Å². The van der Waals surface area contributed by atoms with Crippen molar-refractivity contribution in [1.82, 2.24) is 0 Å². The van der Waals surface area contributed by atoms with E-state index in [1.807, 2.05) is 30.3 Å². The fourth-order valence-corrected chi connectivity index (χ4v) is 2.79. The molecule has 0 aliphatic rings. The predicted octanol–water partition coefficient (Wildman–Crippen LogP) is 6.51. The van der Waals surface area contributed by atoms with Crippen LogP contribution in [-0.2, 0) is 0 Å². The van der Waals surface area contributed by atoms with E-state index in [2.05, 4.69) is 99.0 Å². The zero-order valence-electron chi connectivity index (χ0n) is 12.6. The van der Waals surface area contributed by atoms with Crippen LogP contribution in [0.3, 0.4) is 0 Å². The Morgan fingerprint density at radius 3 is 1.83 bits per heavy atom. The van der Waals surface area contributed by atoms with Crippen molar-refractivity contribution in [1.29, 1.82) is 0 Å². The van der Waals surface area contributed by atoms with Gasteiger partial charge in [0.25, 0.3) is 0 Å². The van der Waals surface area contributed by atoms with E-state index >= 15 is 0 Å². The first-order chi connectivity index (χ1) is 11.2. The average molecular weight is 561 g/mol. The SMILES string of the molecule is Cl.Ic1ccc(N=C(Nc2ccc(I)cc2)c2ccccc2)cc1. The van der Waals surface area contributed by atoms with Crippen LogP contribution in [-0.4, -0.2) is 5.84 Å². The highest BCUT2D eigenvalue weighted by Gasteiger charge is 2.04. The van der Waals surface area contributed by atoms with Crippen LogP contribution < -0.4 is 5.32 Å². The Hall–Kier alpha value is -1.12. The summed E-state index contributed by atoms with van der Waals surface area (Å²) in [7, 11) is 0. The number of hydrogen-bond acceptors (Lipinski definition) is 1. The first-order valence-electron chi connectivity index (χ1n) is 7.13. The van der Waals surface area contributed by atoms with E-state index in [1.54, 1.807) is 0 Å². The number of halogens is 3. The molecule has 0 aliphatic heterocycles. The molecule has 0 amide bonds. The van der Waals surface area contributed by atoms with Crippen LogP contribution in [0.1, 0.15) is 5.56 Å². The maximum absolute atomic E-state index is 4.79. The Balaban J connectivity index is 0.00000208. The number of hydrogen-bond donors (Lipinski definition) is 1. The Labute approximate surface area is 175 Å². The summed E-state index contributed by atoms with van der Waals surface area (Å²) in [5.41, 5.74) is 3.02. The molecule has 0 saturated heterocycles. The van der Waals surface area contributed by atoms with Crippen molar-refractivity contribution in [3.05, 3.63) is 91.6 Å². The highest BCUT2D eigenvalue weighted by atomic mass is 127. The molecular formula is C19H15ClI2N2. The van der Waals surface area contributed by atoms with E-state index in [9.17, 15) is 0 Å². The molecule has 1 N–H and O–H groups in total. The summed E-state index contributed by atoms with van der Waals surface area (Å²) in [4.78, 5) is 4.79. The maximum atomic E-state index is 4.79. The minimum atomic E-state index is 0. The first-order valence-corrected chi connectivity index (χ1v) is 9.29. The van der Waals surface area contributed by atoms with Crippen LogP contribution >= 0.6 is 57.6 Å². The summed E-state index contributed by atoms with van der Waals surface area (Å²) in [5.74, 6) is 0.841. The number of nitrogens with one attached hydrogen (secondary N) is 1. The van der Waals surface area contributed by atoms with Gasteiger partial charge in [-0.3, -0.25) is 0 Å². The Kier molecular flexibility index (Phi) is 7.51. The van der Waals surface area contributed by atoms with Gasteiger partial charge < -0.3 is 5.32 Å². The zero-order valence-corrected chi connectivity index (χ0v) is 17.7. The summed E-state index contributed by atoms with van der Waals surface area (Å²) >= 11 is 4.60. The van der Waals surface area contributed by atoms with Crippen molar-refractivity contribution >= 4 is 74.8 Å². The molecule has 0 saturated carbocycles. The second kappa shape index (κ2) is 9.39. The van der Waals surface area contributed by atoms with Crippen molar-refractivity contribution < 1.29 is 0 Å². The second-order valence-electron chi connectivity index (χ2n) is 4.93. The van der Waals surface area contributed by atoms with Crippen LogP contribution in [0.2, 0.25) is 0 Å². The van der Waals surface area contributed by atoms with Gasteiger partial charge in [-0.05, 0) is 93.7 Å². The molecule has 3 aromatic carbocycles. The molecule has 2 nitrogen and oxygen atoms in total. The molecule has 24 heavy (non-hydrogen) atoms. The lowest BCUT2D eigenvalue weighted by Gasteiger charge is -2.11. The van der Waals surface area contributed by atoms with E-state index in [4.69, 9.17) is 4.99 Å². The van der Waals surface area contributed by atoms with Crippen LogP contribution in [0.25, 0.3) is 0 Å². The molecule has 0 unspecified atom stereocenters. The molecule has 0 aliphatic carbocycles.